The van der Waals surface area contributed by atoms with E-state index in [9.17, 15) is 19.7 Å². The van der Waals surface area contributed by atoms with Gasteiger partial charge in [-0.1, -0.05) is 0 Å². The van der Waals surface area contributed by atoms with Gasteiger partial charge in [-0.2, -0.15) is 0 Å². The Morgan fingerprint density at radius 2 is 2.12 bits per heavy atom. The van der Waals surface area contributed by atoms with E-state index in [4.69, 9.17) is 0 Å². The van der Waals surface area contributed by atoms with Gasteiger partial charge in [0.05, 0.1) is 10.8 Å². The summed E-state index contributed by atoms with van der Waals surface area (Å²) >= 11 is 0. The summed E-state index contributed by atoms with van der Waals surface area (Å²) < 4.78 is 0. The van der Waals surface area contributed by atoms with E-state index in [1.54, 1.807) is 12.1 Å². The van der Waals surface area contributed by atoms with Gasteiger partial charge in [0.2, 0.25) is 5.91 Å². The molecule has 0 aromatic heterocycles. The van der Waals surface area contributed by atoms with Crippen molar-refractivity contribution in [2.45, 2.75) is 39.7 Å². The van der Waals surface area contributed by atoms with Crippen LogP contribution in [0.15, 0.2) is 18.2 Å². The fourth-order valence-corrected chi connectivity index (χ4v) is 3.15. The molecule has 2 N–H and O–H groups in total. The van der Waals surface area contributed by atoms with Crippen molar-refractivity contribution in [2.75, 3.05) is 24.5 Å². The van der Waals surface area contributed by atoms with Crippen molar-refractivity contribution >= 4 is 23.2 Å². The molecular formula is C18H26N4O4. The van der Waals surface area contributed by atoms with Crippen molar-refractivity contribution in [1.82, 2.24) is 10.6 Å². The highest BCUT2D eigenvalue weighted by atomic mass is 16.6. The lowest BCUT2D eigenvalue weighted by molar-refractivity contribution is -0.384. The van der Waals surface area contributed by atoms with E-state index in [1.807, 2.05) is 25.7 Å². The average molecular weight is 362 g/mol. The van der Waals surface area contributed by atoms with Gasteiger partial charge >= 0.3 is 0 Å². The van der Waals surface area contributed by atoms with Gasteiger partial charge in [-0.3, -0.25) is 19.7 Å². The molecule has 0 spiro atoms. The Balaban J connectivity index is 2.26. The third-order valence-corrected chi connectivity index (χ3v) is 4.34. The molecule has 0 radical (unpaired) electrons. The minimum atomic E-state index is -0.475. The maximum Gasteiger partial charge on any atom is 0.293 e. The smallest absolute Gasteiger partial charge is 0.293 e. The average Bonchev–Trinajstić information content (AvgIpc) is 2.61. The summed E-state index contributed by atoms with van der Waals surface area (Å²) in [6.07, 6.45) is 1.56. The Morgan fingerprint density at radius 1 is 1.38 bits per heavy atom. The quantitative estimate of drug-likeness (QED) is 0.595. The van der Waals surface area contributed by atoms with Crippen LogP contribution in [-0.4, -0.2) is 42.4 Å². The number of nitro benzene ring substituents is 1. The third-order valence-electron chi connectivity index (χ3n) is 4.34. The van der Waals surface area contributed by atoms with Crippen LogP contribution in [0.4, 0.5) is 11.4 Å². The highest BCUT2D eigenvalue weighted by Gasteiger charge is 2.29. The van der Waals surface area contributed by atoms with E-state index in [0.29, 0.717) is 25.3 Å². The van der Waals surface area contributed by atoms with Crippen LogP contribution in [-0.2, 0) is 4.79 Å². The summed E-state index contributed by atoms with van der Waals surface area (Å²) in [6.45, 7) is 7.17. The van der Waals surface area contributed by atoms with Gasteiger partial charge in [0.25, 0.3) is 11.6 Å². The molecule has 0 aliphatic carbocycles. The summed E-state index contributed by atoms with van der Waals surface area (Å²) in [5.41, 5.74) is 0.592. The largest absolute Gasteiger partial charge is 0.365 e. The second-order valence-corrected chi connectivity index (χ2v) is 6.77. The summed E-state index contributed by atoms with van der Waals surface area (Å²) in [5.74, 6) is -0.548. The summed E-state index contributed by atoms with van der Waals surface area (Å²) in [6, 6.07) is 4.45. The number of nitrogens with one attached hydrogen (secondary N) is 2. The number of amides is 2. The van der Waals surface area contributed by atoms with Crippen LogP contribution in [0.5, 0.6) is 0 Å². The minimum absolute atomic E-state index is 0.0206. The fraction of sp³-hybridized carbons (Fsp3) is 0.556. The zero-order valence-corrected chi connectivity index (χ0v) is 15.4. The highest BCUT2D eigenvalue weighted by molar-refractivity contribution is 5.96. The highest BCUT2D eigenvalue weighted by Crippen LogP contribution is 2.32. The number of nitro groups is 1. The summed E-state index contributed by atoms with van der Waals surface area (Å²) in [4.78, 5) is 37.2. The van der Waals surface area contributed by atoms with Crippen LogP contribution in [0, 0.1) is 16.0 Å². The van der Waals surface area contributed by atoms with Crippen molar-refractivity contribution < 1.29 is 14.5 Å². The van der Waals surface area contributed by atoms with E-state index in [0.717, 1.165) is 12.8 Å². The molecule has 1 aromatic carbocycles. The molecular weight excluding hydrogens is 336 g/mol. The van der Waals surface area contributed by atoms with Crippen molar-refractivity contribution in [3.63, 3.8) is 0 Å². The predicted octanol–water partition coefficient (Wildman–Crippen LogP) is 2.09. The standard InChI is InChI=1S/C18H26N4O4/c1-4-19-17(23)14-6-5-9-21(11-14)15-8-7-13(10-16(15)22(25)26)18(24)20-12(2)3/h7-8,10,12,14H,4-6,9,11H2,1-3H3,(H,19,23)(H,20,24). The number of anilines is 1. The van der Waals surface area contributed by atoms with Crippen LogP contribution >= 0.6 is 0 Å². The van der Waals surface area contributed by atoms with E-state index in [1.165, 1.54) is 6.07 Å². The number of carbonyl (C=O) groups is 2. The van der Waals surface area contributed by atoms with Crippen molar-refractivity contribution in [3.8, 4) is 0 Å². The molecule has 0 bridgehead atoms. The molecule has 2 rings (SSSR count). The van der Waals surface area contributed by atoms with Crippen molar-refractivity contribution in [1.29, 1.82) is 0 Å². The Kier molecular flexibility index (Phi) is 6.54. The van der Waals surface area contributed by atoms with Crippen LogP contribution in [0.2, 0.25) is 0 Å². The van der Waals surface area contributed by atoms with Gasteiger partial charge in [-0.25, -0.2) is 0 Å². The van der Waals surface area contributed by atoms with E-state index < -0.39 is 4.92 Å². The van der Waals surface area contributed by atoms with E-state index in [2.05, 4.69) is 10.6 Å². The monoisotopic (exact) mass is 362 g/mol. The van der Waals surface area contributed by atoms with Gasteiger partial charge in [-0.05, 0) is 45.7 Å². The first-order chi connectivity index (χ1) is 12.3. The molecule has 1 heterocycles. The Hall–Kier alpha value is -2.64. The molecule has 1 fully saturated rings. The van der Waals surface area contributed by atoms with Crippen LogP contribution in [0.25, 0.3) is 0 Å². The van der Waals surface area contributed by atoms with Crippen LogP contribution in [0.3, 0.4) is 0 Å². The van der Waals surface area contributed by atoms with Crippen molar-refractivity contribution in [3.05, 3.63) is 33.9 Å². The van der Waals surface area contributed by atoms with Gasteiger partial charge in [-0.15, -0.1) is 0 Å². The molecule has 1 unspecified atom stereocenters. The molecule has 1 aliphatic heterocycles. The van der Waals surface area contributed by atoms with Crippen molar-refractivity contribution in [2.24, 2.45) is 5.92 Å². The normalized spacial score (nSPS) is 17.1. The molecule has 1 saturated heterocycles. The Labute approximate surface area is 153 Å². The summed E-state index contributed by atoms with van der Waals surface area (Å²) in [7, 11) is 0. The van der Waals surface area contributed by atoms with E-state index >= 15 is 0 Å². The first kappa shape index (κ1) is 19.7. The maximum absolute atomic E-state index is 12.1. The predicted molar refractivity (Wildman–Crippen MR) is 99.3 cm³/mol. The van der Waals surface area contributed by atoms with Gasteiger partial charge in [0.15, 0.2) is 0 Å². The Morgan fingerprint density at radius 3 is 2.73 bits per heavy atom. The number of hydrogen-bond acceptors (Lipinski definition) is 5. The molecule has 8 nitrogen and oxygen atoms in total. The lowest BCUT2D eigenvalue weighted by Crippen LogP contribution is -2.43. The lowest BCUT2D eigenvalue weighted by Gasteiger charge is -2.33. The second kappa shape index (κ2) is 8.64. The number of benzene rings is 1. The second-order valence-electron chi connectivity index (χ2n) is 6.77. The van der Waals surface area contributed by atoms with Crippen LogP contribution < -0.4 is 15.5 Å². The molecule has 0 saturated carbocycles. The molecule has 26 heavy (non-hydrogen) atoms. The molecule has 142 valence electrons. The Bertz CT molecular complexity index is 690. The first-order valence-electron chi connectivity index (χ1n) is 8.95. The van der Waals surface area contributed by atoms with Crippen LogP contribution in [0.1, 0.15) is 44.0 Å². The van der Waals surface area contributed by atoms with Gasteiger partial charge < -0.3 is 15.5 Å². The molecule has 1 aromatic rings. The zero-order chi connectivity index (χ0) is 19.3. The van der Waals surface area contributed by atoms with Gasteiger partial charge in [0, 0.05) is 37.3 Å². The first-order valence-corrected chi connectivity index (χ1v) is 8.95. The van der Waals surface area contributed by atoms with Gasteiger partial charge in [0.1, 0.15) is 5.69 Å². The number of hydrogen-bond donors (Lipinski definition) is 2. The SMILES string of the molecule is CCNC(=O)C1CCCN(c2ccc(C(=O)NC(C)C)cc2[N+](=O)[O-])C1. The van der Waals surface area contributed by atoms with E-state index in [-0.39, 0.29) is 35.0 Å². The number of piperidine rings is 1. The molecule has 8 heteroatoms. The third kappa shape index (κ3) is 4.71. The number of carbonyl (C=O) groups excluding carboxylic acids is 2. The zero-order valence-electron chi connectivity index (χ0n) is 15.4. The number of rotatable bonds is 6. The molecule has 2 amide bonds. The minimum Gasteiger partial charge on any atom is -0.365 e. The number of nitrogens with zero attached hydrogens (tertiary/aromatic N) is 2. The fourth-order valence-electron chi connectivity index (χ4n) is 3.15. The summed E-state index contributed by atoms with van der Waals surface area (Å²) in [5, 5.41) is 17.1. The molecule has 1 aliphatic rings. The maximum atomic E-state index is 12.1. The lowest BCUT2D eigenvalue weighted by atomic mass is 9.96. The molecule has 1 atom stereocenters. The topological polar surface area (TPSA) is 105 Å².